The van der Waals surface area contributed by atoms with Crippen molar-refractivity contribution in [2.24, 2.45) is 0 Å². The summed E-state index contributed by atoms with van der Waals surface area (Å²) in [6, 6.07) is 0. The van der Waals surface area contributed by atoms with Crippen molar-refractivity contribution in [1.82, 2.24) is 0 Å². The van der Waals surface area contributed by atoms with Crippen LogP contribution in [0, 0.1) is 0 Å². The highest BCUT2D eigenvalue weighted by Gasteiger charge is 2.26. The molecule has 0 amide bonds. The van der Waals surface area contributed by atoms with Crippen LogP contribution in [0.2, 0.25) is 0 Å². The molecule has 1 N–H and O–H groups in total. The summed E-state index contributed by atoms with van der Waals surface area (Å²) in [7, 11) is 1.61. The smallest absolute Gasteiger partial charge is 0.457 e. The summed E-state index contributed by atoms with van der Waals surface area (Å²) in [5.74, 6) is -0.345. The molecule has 0 saturated carbocycles. The van der Waals surface area contributed by atoms with Crippen LogP contribution in [0.5, 0.6) is 0 Å². The van der Waals surface area contributed by atoms with E-state index < -0.39 is 13.9 Å². The lowest BCUT2D eigenvalue weighted by molar-refractivity contribution is -0.870. The molecule has 0 radical (unpaired) electrons. The lowest BCUT2D eigenvalue weighted by Gasteiger charge is -2.24. The largest absolute Gasteiger partial charge is 0.472 e. The van der Waals surface area contributed by atoms with Crippen LogP contribution in [-0.2, 0) is 27.9 Å². The lowest BCUT2D eigenvalue weighted by Crippen LogP contribution is -2.37. The topological polar surface area (TPSA) is 91.3 Å². The van der Waals surface area contributed by atoms with Gasteiger partial charge in [0, 0.05) is 13.0 Å². The molecule has 58 heavy (non-hydrogen) atoms. The van der Waals surface area contributed by atoms with Crippen molar-refractivity contribution in [3.05, 3.63) is 85.1 Å². The van der Waals surface area contributed by atoms with Gasteiger partial charge in [0.1, 0.15) is 19.3 Å². The molecule has 0 aromatic carbocycles. The van der Waals surface area contributed by atoms with Crippen LogP contribution >= 0.6 is 7.82 Å². The van der Waals surface area contributed by atoms with E-state index in [1.807, 2.05) is 21.1 Å². The number of quaternary nitrogens is 1. The van der Waals surface area contributed by atoms with Gasteiger partial charge in [0.05, 0.1) is 34.4 Å². The van der Waals surface area contributed by atoms with E-state index in [-0.39, 0.29) is 25.8 Å². The number of unbranched alkanes of at least 4 members (excludes halogenated alkanes) is 13. The number of ether oxygens (including phenoxy) is 2. The van der Waals surface area contributed by atoms with Crippen LogP contribution in [0.4, 0.5) is 0 Å². The van der Waals surface area contributed by atoms with Crippen molar-refractivity contribution in [3.8, 4) is 0 Å². The maximum absolute atomic E-state index is 12.7. The minimum Gasteiger partial charge on any atom is -0.457 e. The van der Waals surface area contributed by atoms with E-state index in [0.29, 0.717) is 24.1 Å². The van der Waals surface area contributed by atoms with Gasteiger partial charge in [-0.05, 0) is 83.5 Å². The van der Waals surface area contributed by atoms with E-state index >= 15 is 0 Å². The molecule has 0 heterocycles. The number of esters is 1. The molecule has 0 aromatic heterocycles. The van der Waals surface area contributed by atoms with E-state index in [9.17, 15) is 14.3 Å². The molecule has 2 atom stereocenters. The Morgan fingerprint density at radius 3 is 1.52 bits per heavy atom. The zero-order chi connectivity index (χ0) is 42.7. The molecule has 0 saturated heterocycles. The maximum atomic E-state index is 12.7. The van der Waals surface area contributed by atoms with E-state index in [1.165, 1.54) is 57.8 Å². The molecule has 0 rings (SSSR count). The van der Waals surface area contributed by atoms with Gasteiger partial charge in [0.2, 0.25) is 0 Å². The van der Waals surface area contributed by atoms with Crippen LogP contribution in [0.3, 0.4) is 0 Å². The van der Waals surface area contributed by atoms with Crippen LogP contribution in [-0.4, -0.2) is 75.6 Å². The normalized spacial score (nSPS) is 14.5. The quantitative estimate of drug-likeness (QED) is 0.0216. The molecule has 0 bridgehead atoms. The Hall–Kier alpha value is -2.32. The predicted octanol–water partition coefficient (Wildman–Crippen LogP) is 13.7. The molecule has 334 valence electrons. The fourth-order valence-electron chi connectivity index (χ4n) is 5.68. The zero-order valence-corrected chi connectivity index (χ0v) is 38.6. The summed E-state index contributed by atoms with van der Waals surface area (Å²) in [5, 5.41) is 0. The Balaban J connectivity index is 4.36. The minimum absolute atomic E-state index is 0.0718. The molecule has 8 nitrogen and oxygen atoms in total. The highest BCUT2D eigenvalue weighted by atomic mass is 31.2. The second-order valence-electron chi connectivity index (χ2n) is 16.0. The van der Waals surface area contributed by atoms with E-state index in [2.05, 4.69) is 98.9 Å². The molecule has 0 spiro atoms. The fraction of sp³-hybridized carbons (Fsp3) is 0.694. The predicted molar refractivity (Wildman–Crippen MR) is 247 cm³/mol. The monoisotopic (exact) mass is 833 g/mol. The number of hydrogen-bond donors (Lipinski definition) is 1. The van der Waals surface area contributed by atoms with E-state index in [4.69, 9.17) is 18.5 Å². The third kappa shape index (κ3) is 44.8. The first kappa shape index (κ1) is 55.7. The number of nitrogens with zero attached hydrogens (tertiary/aromatic N) is 1. The minimum atomic E-state index is -4.30. The van der Waals surface area contributed by atoms with Crippen molar-refractivity contribution < 1.29 is 37.3 Å². The fourth-order valence-corrected chi connectivity index (χ4v) is 6.42. The van der Waals surface area contributed by atoms with Crippen molar-refractivity contribution in [2.45, 2.75) is 168 Å². The number of allylic oxidation sites excluding steroid dienone is 14. The lowest BCUT2D eigenvalue weighted by atomic mass is 10.1. The zero-order valence-electron chi connectivity index (χ0n) is 37.8. The molecular formula is C49H87NO7P+. The Morgan fingerprint density at radius 2 is 1.00 bits per heavy atom. The first-order valence-electron chi connectivity index (χ1n) is 22.8. The number of hydrogen-bond acceptors (Lipinski definition) is 6. The summed E-state index contributed by atoms with van der Waals surface area (Å²) >= 11 is 0. The van der Waals surface area contributed by atoms with Crippen LogP contribution in [0.15, 0.2) is 85.1 Å². The molecule has 0 aliphatic heterocycles. The molecule has 0 aliphatic carbocycles. The SMILES string of the molecule is CC/C=C\C/C=C\C/C=C\C/C=C\C/C=C\C/C=C\CCCOCC(COP(=O)(O)OCC[N+](C)(C)C)OC(=O)CCCCCCC/C=C\CCCCCCCCC. The number of carbonyl (C=O) groups excluding carboxylic acids is 1. The van der Waals surface area contributed by atoms with Crippen molar-refractivity contribution in [3.63, 3.8) is 0 Å². The van der Waals surface area contributed by atoms with Crippen LogP contribution < -0.4 is 0 Å². The van der Waals surface area contributed by atoms with Gasteiger partial charge in [0.15, 0.2) is 0 Å². The summed E-state index contributed by atoms with van der Waals surface area (Å²) in [5.41, 5.74) is 0. The molecule has 0 aromatic rings. The van der Waals surface area contributed by atoms with Crippen molar-refractivity contribution in [1.29, 1.82) is 0 Å². The van der Waals surface area contributed by atoms with Gasteiger partial charge in [-0.15, -0.1) is 0 Å². The van der Waals surface area contributed by atoms with Gasteiger partial charge in [-0.25, -0.2) is 4.57 Å². The standard InChI is InChI=1S/C49H86NO7P/c1-6-8-10-12-14-16-18-20-22-24-25-26-27-29-31-33-35-37-39-41-44-54-46-48(47-56-58(52,53)55-45-43-50(3,4)5)57-49(51)42-40-38-36-34-32-30-28-23-21-19-17-15-13-11-9-7-2/h8,10,14,16,20,22-23,25-26,28-29,31,35,37,48H,6-7,9,11-13,15,17-19,21,24,27,30,32-34,36,38-47H2,1-5H3/p+1/b10-8-,16-14-,22-20-,26-25-,28-23-,31-29-,37-35-. The molecule has 0 aliphatic rings. The maximum Gasteiger partial charge on any atom is 0.472 e. The van der Waals surface area contributed by atoms with Crippen LogP contribution in [0.25, 0.3) is 0 Å². The van der Waals surface area contributed by atoms with E-state index in [0.717, 1.165) is 83.5 Å². The molecular weight excluding hydrogens is 746 g/mol. The molecule has 0 fully saturated rings. The Bertz CT molecular complexity index is 1200. The van der Waals surface area contributed by atoms with Crippen molar-refractivity contribution >= 4 is 13.8 Å². The first-order valence-corrected chi connectivity index (χ1v) is 24.3. The number of phosphoric ester groups is 1. The second-order valence-corrected chi connectivity index (χ2v) is 17.5. The van der Waals surface area contributed by atoms with Crippen molar-refractivity contribution in [2.75, 3.05) is 54.1 Å². The summed E-state index contributed by atoms with van der Waals surface area (Å²) < 4.78 is 34.9. The summed E-state index contributed by atoms with van der Waals surface area (Å²) in [6.45, 7) is 5.31. The van der Waals surface area contributed by atoms with Gasteiger partial charge in [0.25, 0.3) is 0 Å². The molecule has 2 unspecified atom stereocenters. The Kier molecular flexibility index (Phi) is 39.8. The number of phosphoric acid groups is 1. The summed E-state index contributed by atoms with van der Waals surface area (Å²) in [6.07, 6.45) is 54.9. The first-order chi connectivity index (χ1) is 28.1. The Labute approximate surface area is 356 Å². The van der Waals surface area contributed by atoms with Gasteiger partial charge in [-0.2, -0.15) is 0 Å². The van der Waals surface area contributed by atoms with Crippen LogP contribution in [0.1, 0.15) is 162 Å². The molecule has 9 heteroatoms. The average molecular weight is 833 g/mol. The van der Waals surface area contributed by atoms with Gasteiger partial charge in [-0.3, -0.25) is 13.8 Å². The average Bonchev–Trinajstić information content (AvgIpc) is 3.18. The Morgan fingerprint density at radius 1 is 0.552 bits per heavy atom. The second kappa shape index (κ2) is 41.4. The number of rotatable bonds is 41. The third-order valence-corrected chi connectivity index (χ3v) is 10.2. The van der Waals surface area contributed by atoms with Gasteiger partial charge in [-0.1, -0.05) is 157 Å². The third-order valence-electron chi connectivity index (χ3n) is 9.19. The highest BCUT2D eigenvalue weighted by molar-refractivity contribution is 7.47. The van der Waals surface area contributed by atoms with E-state index in [1.54, 1.807) is 0 Å². The van der Waals surface area contributed by atoms with Gasteiger partial charge >= 0.3 is 13.8 Å². The number of carbonyl (C=O) groups is 1. The van der Waals surface area contributed by atoms with Gasteiger partial charge < -0.3 is 18.9 Å². The highest BCUT2D eigenvalue weighted by Crippen LogP contribution is 2.43. The summed E-state index contributed by atoms with van der Waals surface area (Å²) in [4.78, 5) is 22.9. The number of likely N-dealkylation sites (N-methyl/N-ethyl adjacent to an activating group) is 1.